The van der Waals surface area contributed by atoms with Crippen molar-refractivity contribution in [3.63, 3.8) is 0 Å². The number of imidazole rings is 1. The van der Waals surface area contributed by atoms with Crippen molar-refractivity contribution < 1.29 is 9.45 Å². The van der Waals surface area contributed by atoms with Crippen LogP contribution in [0.25, 0.3) is 33.9 Å². The van der Waals surface area contributed by atoms with Crippen LogP contribution < -0.4 is 0 Å². The molecule has 0 radical (unpaired) electrons. The third-order valence-corrected chi connectivity index (χ3v) is 4.14. The maximum Gasteiger partial charge on any atom is 0.273 e. The summed E-state index contributed by atoms with van der Waals surface area (Å²) < 4.78 is 7.25. The summed E-state index contributed by atoms with van der Waals surface area (Å²) in [6.45, 7) is 1.66. The van der Waals surface area contributed by atoms with Crippen molar-refractivity contribution in [2.24, 2.45) is 7.05 Å². The first-order valence-electron chi connectivity index (χ1n) is 7.54. The van der Waals surface area contributed by atoms with Gasteiger partial charge in [-0.3, -0.25) is 10.1 Å². The van der Waals surface area contributed by atoms with E-state index in [1.807, 2.05) is 29.8 Å². The Hall–Kier alpha value is -3.55. The average molecular weight is 335 g/mol. The van der Waals surface area contributed by atoms with Crippen LogP contribution in [-0.4, -0.2) is 24.6 Å². The van der Waals surface area contributed by atoms with E-state index < -0.39 is 4.92 Å². The van der Waals surface area contributed by atoms with Gasteiger partial charge in [0, 0.05) is 29.8 Å². The molecule has 0 fully saturated rings. The van der Waals surface area contributed by atoms with Gasteiger partial charge in [-0.15, -0.1) is 0 Å². The smallest absolute Gasteiger partial charge is 0.273 e. The van der Waals surface area contributed by atoms with E-state index in [4.69, 9.17) is 4.52 Å². The van der Waals surface area contributed by atoms with E-state index in [-0.39, 0.29) is 11.6 Å². The van der Waals surface area contributed by atoms with Gasteiger partial charge >= 0.3 is 0 Å². The van der Waals surface area contributed by atoms with Crippen molar-refractivity contribution in [3.05, 3.63) is 58.4 Å². The summed E-state index contributed by atoms with van der Waals surface area (Å²) in [4.78, 5) is 19.4. The Morgan fingerprint density at radius 3 is 2.88 bits per heavy atom. The first kappa shape index (κ1) is 15.0. The Bertz CT molecular complexity index is 1110. The Labute approximate surface area is 141 Å². The second kappa shape index (κ2) is 5.52. The van der Waals surface area contributed by atoms with E-state index in [2.05, 4.69) is 15.1 Å². The number of aryl methyl sites for hydroxylation is 1. The zero-order valence-corrected chi connectivity index (χ0v) is 13.5. The number of rotatable bonds is 3. The molecule has 8 heteroatoms. The summed E-state index contributed by atoms with van der Waals surface area (Å²) >= 11 is 0. The van der Waals surface area contributed by atoms with Crippen LogP contribution in [0.5, 0.6) is 0 Å². The van der Waals surface area contributed by atoms with Crippen LogP contribution in [-0.2, 0) is 7.05 Å². The van der Waals surface area contributed by atoms with Crippen molar-refractivity contribution in [1.82, 2.24) is 19.7 Å². The molecule has 8 nitrogen and oxygen atoms in total. The van der Waals surface area contributed by atoms with Gasteiger partial charge < -0.3 is 9.09 Å². The highest BCUT2D eigenvalue weighted by atomic mass is 16.6. The molecule has 0 amide bonds. The van der Waals surface area contributed by atoms with E-state index in [1.54, 1.807) is 25.4 Å². The molecular weight excluding hydrogens is 322 g/mol. The zero-order chi connectivity index (χ0) is 17.6. The summed E-state index contributed by atoms with van der Waals surface area (Å²) in [5.74, 6) is 0.658. The quantitative estimate of drug-likeness (QED) is 0.419. The second-order valence-electron chi connectivity index (χ2n) is 5.69. The molecule has 4 rings (SSSR count). The molecule has 0 aliphatic rings. The van der Waals surface area contributed by atoms with Gasteiger partial charge in [0.05, 0.1) is 22.3 Å². The van der Waals surface area contributed by atoms with Crippen molar-refractivity contribution >= 4 is 16.7 Å². The summed E-state index contributed by atoms with van der Waals surface area (Å²) in [5.41, 5.74) is 3.66. The van der Waals surface area contributed by atoms with Gasteiger partial charge in [-0.05, 0) is 31.2 Å². The van der Waals surface area contributed by atoms with Crippen LogP contribution in [0.15, 0.2) is 47.2 Å². The number of nitrogens with zero attached hydrogens (tertiary/aromatic N) is 5. The number of aromatic nitrogens is 4. The number of hydrogen-bond donors (Lipinski definition) is 0. The van der Waals surface area contributed by atoms with Crippen molar-refractivity contribution in [2.45, 2.75) is 6.92 Å². The number of nitro groups is 1. The average Bonchev–Trinajstić information content (AvgIpc) is 3.22. The van der Waals surface area contributed by atoms with Gasteiger partial charge in [0.1, 0.15) is 0 Å². The molecule has 0 atom stereocenters. The highest BCUT2D eigenvalue weighted by Gasteiger charge is 2.19. The lowest BCUT2D eigenvalue weighted by molar-refractivity contribution is -0.385. The van der Waals surface area contributed by atoms with E-state index in [0.717, 1.165) is 16.6 Å². The van der Waals surface area contributed by atoms with Crippen molar-refractivity contribution in [1.29, 1.82) is 0 Å². The van der Waals surface area contributed by atoms with Gasteiger partial charge in [-0.25, -0.2) is 4.98 Å². The monoisotopic (exact) mass is 335 g/mol. The molecule has 2 aromatic heterocycles. The minimum atomic E-state index is -0.425. The molecule has 0 saturated heterocycles. The van der Waals surface area contributed by atoms with Crippen molar-refractivity contribution in [2.75, 3.05) is 0 Å². The third kappa shape index (κ3) is 2.44. The highest BCUT2D eigenvalue weighted by molar-refractivity contribution is 5.80. The minimum Gasteiger partial charge on any atom is -0.334 e. The molecule has 0 aliphatic heterocycles. The molecule has 2 heterocycles. The highest BCUT2D eigenvalue weighted by Crippen LogP contribution is 2.30. The molecule has 124 valence electrons. The molecule has 0 spiro atoms. The molecular formula is C17H13N5O3. The maximum atomic E-state index is 11.1. The molecule has 0 aliphatic carbocycles. The van der Waals surface area contributed by atoms with Crippen LogP contribution in [0, 0.1) is 17.0 Å². The van der Waals surface area contributed by atoms with Crippen LogP contribution >= 0.6 is 0 Å². The molecule has 0 saturated carbocycles. The standard InChI is InChI=1S/C17H13N5O3/c1-10-12(4-3-5-14(10)22(23)24)17-19-16(20-25-17)11-6-7-15-13(8-11)18-9-21(15)2/h3-9H,1-2H3. The SMILES string of the molecule is Cc1c(-c2nc(-c3ccc4c(c3)ncn4C)no2)cccc1[N+](=O)[O-]. The number of hydrogen-bond acceptors (Lipinski definition) is 6. The third-order valence-electron chi connectivity index (χ3n) is 4.14. The first-order chi connectivity index (χ1) is 12.0. The predicted octanol–water partition coefficient (Wildman–Crippen LogP) is 3.51. The van der Waals surface area contributed by atoms with E-state index in [0.29, 0.717) is 17.0 Å². The minimum absolute atomic E-state index is 0.0205. The lowest BCUT2D eigenvalue weighted by Crippen LogP contribution is -1.93. The first-order valence-corrected chi connectivity index (χ1v) is 7.54. The van der Waals surface area contributed by atoms with E-state index in [1.165, 1.54) is 6.07 Å². The topological polar surface area (TPSA) is 99.9 Å². The van der Waals surface area contributed by atoms with Gasteiger partial charge in [-0.1, -0.05) is 11.2 Å². The van der Waals surface area contributed by atoms with Crippen LogP contribution in [0.3, 0.4) is 0 Å². The molecule has 0 unspecified atom stereocenters. The number of benzene rings is 2. The Balaban J connectivity index is 1.77. The van der Waals surface area contributed by atoms with Crippen LogP contribution in [0.4, 0.5) is 5.69 Å². The van der Waals surface area contributed by atoms with Gasteiger partial charge in [-0.2, -0.15) is 4.98 Å². The number of fused-ring (bicyclic) bond motifs is 1. The zero-order valence-electron chi connectivity index (χ0n) is 13.5. The molecule has 0 bridgehead atoms. The Morgan fingerprint density at radius 2 is 2.08 bits per heavy atom. The lowest BCUT2D eigenvalue weighted by Gasteiger charge is -2.01. The maximum absolute atomic E-state index is 11.1. The Kier molecular flexibility index (Phi) is 3.31. The fourth-order valence-electron chi connectivity index (χ4n) is 2.78. The van der Waals surface area contributed by atoms with Crippen molar-refractivity contribution in [3.8, 4) is 22.8 Å². The van der Waals surface area contributed by atoms with Crippen LogP contribution in [0.1, 0.15) is 5.56 Å². The fraction of sp³-hybridized carbons (Fsp3) is 0.118. The van der Waals surface area contributed by atoms with Gasteiger partial charge in [0.15, 0.2) is 0 Å². The summed E-state index contributed by atoms with van der Waals surface area (Å²) in [5, 5.41) is 15.1. The normalized spacial score (nSPS) is 11.1. The van der Waals surface area contributed by atoms with E-state index in [9.17, 15) is 10.1 Å². The molecule has 0 N–H and O–H groups in total. The molecule has 2 aromatic carbocycles. The van der Waals surface area contributed by atoms with Gasteiger partial charge in [0.25, 0.3) is 11.6 Å². The number of nitro benzene ring substituents is 1. The van der Waals surface area contributed by atoms with E-state index >= 15 is 0 Å². The summed E-state index contributed by atoms with van der Waals surface area (Å²) in [6.07, 6.45) is 1.74. The lowest BCUT2D eigenvalue weighted by atomic mass is 10.1. The fourth-order valence-corrected chi connectivity index (χ4v) is 2.78. The predicted molar refractivity (Wildman–Crippen MR) is 90.8 cm³/mol. The Morgan fingerprint density at radius 1 is 1.24 bits per heavy atom. The summed E-state index contributed by atoms with van der Waals surface area (Å²) in [6, 6.07) is 10.5. The summed E-state index contributed by atoms with van der Waals surface area (Å²) in [7, 11) is 1.92. The van der Waals surface area contributed by atoms with Crippen LogP contribution in [0.2, 0.25) is 0 Å². The molecule has 25 heavy (non-hydrogen) atoms. The van der Waals surface area contributed by atoms with Gasteiger partial charge in [0.2, 0.25) is 5.82 Å². The molecule has 4 aromatic rings. The second-order valence-corrected chi connectivity index (χ2v) is 5.69. The largest absolute Gasteiger partial charge is 0.334 e.